The number of ether oxygens (including phenoxy) is 8. The molecule has 0 saturated carbocycles. The van der Waals surface area contributed by atoms with Gasteiger partial charge in [-0.1, -0.05) is 25.3 Å². The maximum absolute atomic E-state index is 11.2. The Labute approximate surface area is 456 Å². The number of carbonyl (C=O) groups is 2. The van der Waals surface area contributed by atoms with Crippen molar-refractivity contribution in [3.05, 3.63) is 49.6 Å². The SMILES string of the molecule is C=C(C)C(=O)OCC(O)COC(C)(P(=O)(O)O)P(=O)(O)O.C=C(C)C(=O)OCC1CO1.C=CCOCC(O)COC(C)(P(=O)(O)O)P(=O)(O)O.C=CCOCC1CO1.CC(O)(P(=O)(O)O)P(=O)(O)O.CC(O)(P(=O)(O)O)P(=O)(O)O. The van der Waals surface area contributed by atoms with E-state index in [-0.39, 0.29) is 30.9 Å². The van der Waals surface area contributed by atoms with Crippen molar-refractivity contribution in [1.82, 2.24) is 0 Å². The standard InChI is InChI=1S/C9H18O10P2.C8H18O9P2.C7H10O3.C6H10O2.2C2H8O7P2/c1-6(2)8(11)18-4-7(10)5-19-9(3,20(12,13)14)21(15,16)17;1-3-4-16-5-7(9)6-17-8(2,18(10,11)12)19(13,14)15;1-5(2)7(8)10-4-6-3-9-6;1-2-3-7-4-6-5-8-6;2*1-2(3,10(4,5)6)11(7,8)9/h7,10H,1,4-5H2,2-3H3,(H2,12,13,14)(H2,15,16,17);3,7,9H,1,4-6H2,2H3,(H2,10,11,12)(H2,13,14,15);6H,1,3-4H2,2H3;2,6H,1,3-5H2;2*3H,1H3,(H2,4,5,6)(H2,7,8,9). The predicted molar refractivity (Wildman–Crippen MR) is 271 cm³/mol. The van der Waals surface area contributed by atoms with Gasteiger partial charge in [0.05, 0.1) is 52.9 Å². The Morgan fingerprint density at radius 3 is 0.988 bits per heavy atom. The van der Waals surface area contributed by atoms with Crippen molar-refractivity contribution >= 4 is 72.7 Å². The van der Waals surface area contributed by atoms with Crippen molar-refractivity contribution in [3.8, 4) is 0 Å². The van der Waals surface area contributed by atoms with Crippen molar-refractivity contribution in [1.29, 1.82) is 0 Å². The molecule has 0 aromatic heterocycles. The topological polar surface area (TPSA) is 656 Å². The Morgan fingerprint density at radius 2 is 0.750 bits per heavy atom. The summed E-state index contributed by atoms with van der Waals surface area (Å²) in [6, 6.07) is 0. The van der Waals surface area contributed by atoms with E-state index in [9.17, 15) is 56.3 Å². The maximum atomic E-state index is 11.2. The van der Waals surface area contributed by atoms with Gasteiger partial charge in [0.15, 0.2) is 0 Å². The Balaban J connectivity index is -0.000000448. The molecule has 4 unspecified atom stereocenters. The first kappa shape index (κ1) is 85.1. The smallest absolute Gasteiger partial charge is 0.369 e. The summed E-state index contributed by atoms with van der Waals surface area (Å²) in [5.74, 6) is -1.14. The lowest BCUT2D eigenvalue weighted by Crippen LogP contribution is -2.34. The van der Waals surface area contributed by atoms with E-state index in [0.717, 1.165) is 13.2 Å². The molecular formula is C34H72O38P8. The molecule has 2 aliphatic rings. The Bertz CT molecular complexity index is 2240. The molecule has 4 atom stereocenters. The first-order valence-electron chi connectivity index (χ1n) is 21.1. The minimum Gasteiger partial charge on any atom is -0.460 e. The number of esters is 2. The first-order valence-corrected chi connectivity index (χ1v) is 34.0. The summed E-state index contributed by atoms with van der Waals surface area (Å²) in [6.45, 7) is 19.5. The number of aliphatic hydroxyl groups is 4. The third kappa shape index (κ3) is 32.3. The van der Waals surface area contributed by atoms with E-state index < -0.39 is 119 Å². The Morgan fingerprint density at radius 1 is 0.487 bits per heavy atom. The van der Waals surface area contributed by atoms with Crippen LogP contribution in [0.2, 0.25) is 0 Å². The molecule has 2 rings (SSSR count). The van der Waals surface area contributed by atoms with E-state index >= 15 is 0 Å². The second-order valence-electron chi connectivity index (χ2n) is 16.4. The minimum atomic E-state index is -5.34. The summed E-state index contributed by atoms with van der Waals surface area (Å²) in [5, 5.41) is 23.5. The van der Waals surface area contributed by atoms with Crippen LogP contribution >= 0.6 is 60.8 Å². The average Bonchev–Trinajstić information content (AvgIpc) is 4.21. The van der Waals surface area contributed by atoms with Gasteiger partial charge >= 0.3 is 72.7 Å². The van der Waals surface area contributed by atoms with Gasteiger partial charge in [-0.15, -0.1) is 13.2 Å². The Hall–Kier alpha value is -1.30. The summed E-state index contributed by atoms with van der Waals surface area (Å²) >= 11 is 0. The number of epoxide rings is 2. The lowest BCUT2D eigenvalue weighted by molar-refractivity contribution is -0.143. The van der Waals surface area contributed by atoms with Gasteiger partial charge < -0.3 is 137 Å². The van der Waals surface area contributed by atoms with Crippen LogP contribution in [0.3, 0.4) is 0 Å². The molecular weight excluding hydrogens is 1260 g/mol. The molecule has 0 spiro atoms. The number of hydrogen-bond donors (Lipinski definition) is 20. The molecule has 2 fully saturated rings. The van der Waals surface area contributed by atoms with Gasteiger partial charge in [0, 0.05) is 11.1 Å². The third-order valence-electron chi connectivity index (χ3n) is 8.86. The van der Waals surface area contributed by atoms with E-state index in [1.807, 2.05) is 0 Å². The van der Waals surface area contributed by atoms with E-state index in [0.29, 0.717) is 59.2 Å². The molecule has 38 nitrogen and oxygen atoms in total. The summed E-state index contributed by atoms with van der Waals surface area (Å²) in [5.41, 5.74) is 0.499. The van der Waals surface area contributed by atoms with E-state index in [2.05, 4.69) is 40.5 Å². The number of carbonyl (C=O) groups excluding carboxylic acids is 2. The quantitative estimate of drug-likeness (QED) is 0.0103. The zero-order valence-electron chi connectivity index (χ0n) is 43.2. The van der Waals surface area contributed by atoms with E-state index in [1.54, 1.807) is 13.0 Å². The van der Waals surface area contributed by atoms with Crippen molar-refractivity contribution in [2.24, 2.45) is 0 Å². The fourth-order valence-electron chi connectivity index (χ4n) is 3.11. The molecule has 2 aliphatic heterocycles. The summed E-state index contributed by atoms with van der Waals surface area (Å²) in [4.78, 5) is 160. The predicted octanol–water partition coefficient (Wildman–Crippen LogP) is -1.78. The van der Waals surface area contributed by atoms with Crippen molar-refractivity contribution in [2.45, 2.75) is 86.3 Å². The molecule has 476 valence electrons. The van der Waals surface area contributed by atoms with Crippen molar-refractivity contribution < 1.29 is 183 Å². The van der Waals surface area contributed by atoms with Crippen LogP contribution in [0, 0.1) is 0 Å². The van der Waals surface area contributed by atoms with Crippen LogP contribution in [0.4, 0.5) is 0 Å². The highest BCUT2D eigenvalue weighted by atomic mass is 31.3. The molecule has 0 radical (unpaired) electrons. The van der Waals surface area contributed by atoms with Gasteiger partial charge in [-0.05, 0) is 41.5 Å². The van der Waals surface area contributed by atoms with E-state index in [1.165, 1.54) is 13.0 Å². The second kappa shape index (κ2) is 34.7. The zero-order chi connectivity index (χ0) is 64.8. The van der Waals surface area contributed by atoms with Crippen molar-refractivity contribution in [3.63, 3.8) is 0 Å². The summed E-state index contributed by atoms with van der Waals surface area (Å²) in [7, 11) is -42.0. The fourth-order valence-corrected chi connectivity index (χ4v) is 9.51. The molecule has 2 saturated heterocycles. The van der Waals surface area contributed by atoms with Crippen LogP contribution < -0.4 is 0 Å². The van der Waals surface area contributed by atoms with Crippen LogP contribution in [0.1, 0.15) is 41.5 Å². The highest BCUT2D eigenvalue weighted by Gasteiger charge is 2.60. The third-order valence-corrected chi connectivity index (χ3v) is 24.4. The number of rotatable bonds is 28. The fraction of sp³-hybridized carbons (Fsp3) is 0.706. The van der Waals surface area contributed by atoms with Crippen molar-refractivity contribution in [2.75, 3.05) is 66.1 Å². The molecule has 46 heteroatoms. The number of aliphatic hydroxyl groups excluding tert-OH is 2. The zero-order valence-corrected chi connectivity index (χ0v) is 50.4. The molecule has 0 aromatic rings. The first-order chi connectivity index (χ1) is 35.3. The van der Waals surface area contributed by atoms with Gasteiger partial charge in [0.2, 0.25) is 0 Å². The van der Waals surface area contributed by atoms with Crippen LogP contribution in [-0.2, 0) is 84.0 Å². The highest BCUT2D eigenvalue weighted by molar-refractivity contribution is 7.73. The maximum Gasteiger partial charge on any atom is 0.369 e. The molecule has 80 heavy (non-hydrogen) atoms. The van der Waals surface area contributed by atoms with Gasteiger partial charge in [-0.2, -0.15) is 0 Å². The molecule has 2 heterocycles. The average molecular weight is 1340 g/mol. The summed E-state index contributed by atoms with van der Waals surface area (Å²) < 4.78 is 124. The van der Waals surface area contributed by atoms with E-state index in [4.69, 9.17) is 112 Å². The minimum absolute atomic E-state index is 0.0680. The van der Waals surface area contributed by atoms with Gasteiger partial charge in [-0.25, -0.2) is 9.59 Å². The van der Waals surface area contributed by atoms with Crippen LogP contribution in [0.25, 0.3) is 0 Å². The molecule has 20 N–H and O–H groups in total. The molecule has 0 amide bonds. The lowest BCUT2D eigenvalue weighted by atomic mass is 10.3. The summed E-state index contributed by atoms with van der Waals surface area (Å²) in [6.07, 6.45) is 0.854. The van der Waals surface area contributed by atoms with Gasteiger partial charge in [0.25, 0.3) is 20.3 Å². The molecule has 0 aliphatic carbocycles. The highest BCUT2D eigenvalue weighted by Crippen LogP contribution is 2.71. The second-order valence-corrected chi connectivity index (χ2v) is 33.4. The molecule has 0 aromatic carbocycles. The van der Waals surface area contributed by atoms with Crippen LogP contribution in [0.5, 0.6) is 0 Å². The van der Waals surface area contributed by atoms with Crippen LogP contribution in [0.15, 0.2) is 49.6 Å². The number of hydrogen-bond acceptors (Lipinski definition) is 22. The van der Waals surface area contributed by atoms with Gasteiger partial charge in [0.1, 0.15) is 37.6 Å². The Kier molecular flexibility index (Phi) is 37.0. The van der Waals surface area contributed by atoms with Crippen LogP contribution in [-0.4, -0.2) is 221 Å². The molecule has 0 bridgehead atoms. The normalized spacial score (nSPS) is 16.9. The van der Waals surface area contributed by atoms with Gasteiger partial charge in [-0.3, -0.25) is 36.5 Å². The monoisotopic (exact) mass is 1340 g/mol. The largest absolute Gasteiger partial charge is 0.460 e. The lowest BCUT2D eigenvalue weighted by Gasteiger charge is -2.31.